The molecule has 3 rings (SSSR count). The summed E-state index contributed by atoms with van der Waals surface area (Å²) in [5.41, 5.74) is -0.0945. The van der Waals surface area contributed by atoms with E-state index in [2.05, 4.69) is 16.4 Å². The summed E-state index contributed by atoms with van der Waals surface area (Å²) >= 11 is 8.74. The fourth-order valence-electron chi connectivity index (χ4n) is 2.66. The normalized spacial score (nSPS) is 16.9. The van der Waals surface area contributed by atoms with Gasteiger partial charge in [-0.2, -0.15) is 5.26 Å². The van der Waals surface area contributed by atoms with Gasteiger partial charge in [-0.3, -0.25) is 4.79 Å². The van der Waals surface area contributed by atoms with Crippen LogP contribution in [-0.2, 0) is 4.79 Å². The molecule has 0 radical (unpaired) electrons. The average molecular weight is 352 g/mol. The van der Waals surface area contributed by atoms with E-state index in [-0.39, 0.29) is 5.91 Å². The summed E-state index contributed by atoms with van der Waals surface area (Å²) in [6, 6.07) is 5.96. The Labute approximate surface area is 141 Å². The van der Waals surface area contributed by atoms with Crippen LogP contribution >= 0.6 is 34.3 Å². The first-order chi connectivity index (χ1) is 10.6. The van der Waals surface area contributed by atoms with Gasteiger partial charge in [0.15, 0.2) is 5.13 Å². The van der Waals surface area contributed by atoms with E-state index >= 15 is 0 Å². The van der Waals surface area contributed by atoms with Crippen molar-refractivity contribution in [1.82, 2.24) is 4.98 Å². The van der Waals surface area contributed by atoms with Crippen LogP contribution in [0.3, 0.4) is 0 Å². The average Bonchev–Trinajstić information content (AvgIpc) is 3.17. The van der Waals surface area contributed by atoms with Crippen molar-refractivity contribution in [3.8, 4) is 16.6 Å². The van der Waals surface area contributed by atoms with Gasteiger partial charge in [-0.1, -0.05) is 30.9 Å². The van der Waals surface area contributed by atoms with Crippen LogP contribution in [0.4, 0.5) is 5.13 Å². The largest absolute Gasteiger partial charge is 0.301 e. The molecule has 1 saturated carbocycles. The van der Waals surface area contributed by atoms with E-state index in [1.54, 1.807) is 0 Å². The Balaban J connectivity index is 1.75. The number of carbonyl (C=O) groups excluding carboxylic acids is 1. The molecule has 0 aromatic carbocycles. The molecule has 0 unspecified atom stereocenters. The minimum atomic E-state index is -0.893. The number of thiophene rings is 1. The van der Waals surface area contributed by atoms with Crippen molar-refractivity contribution in [2.75, 3.05) is 5.32 Å². The highest BCUT2D eigenvalue weighted by Gasteiger charge is 2.40. The van der Waals surface area contributed by atoms with Gasteiger partial charge in [0.2, 0.25) is 5.91 Å². The topological polar surface area (TPSA) is 65.8 Å². The first-order valence-electron chi connectivity index (χ1n) is 7.07. The minimum Gasteiger partial charge on any atom is -0.301 e. The third kappa shape index (κ3) is 3.02. The van der Waals surface area contributed by atoms with E-state index in [1.165, 1.54) is 22.7 Å². The van der Waals surface area contributed by atoms with Gasteiger partial charge >= 0.3 is 0 Å². The van der Waals surface area contributed by atoms with Crippen LogP contribution in [0.2, 0.25) is 4.34 Å². The van der Waals surface area contributed by atoms with Gasteiger partial charge in [0.1, 0.15) is 5.41 Å². The monoisotopic (exact) mass is 351 g/mol. The van der Waals surface area contributed by atoms with E-state index < -0.39 is 5.41 Å². The van der Waals surface area contributed by atoms with Crippen LogP contribution in [0.5, 0.6) is 0 Å². The SMILES string of the molecule is N#CC1(C(=O)Nc2nc(-c3ccc(Cl)s3)cs2)CCCCC1. The third-order valence-electron chi connectivity index (χ3n) is 3.91. The van der Waals surface area contributed by atoms with E-state index in [9.17, 15) is 10.1 Å². The quantitative estimate of drug-likeness (QED) is 0.851. The first-order valence-corrected chi connectivity index (χ1v) is 9.14. The van der Waals surface area contributed by atoms with Gasteiger partial charge < -0.3 is 5.32 Å². The molecule has 7 heteroatoms. The van der Waals surface area contributed by atoms with Crippen LogP contribution < -0.4 is 5.32 Å². The molecule has 114 valence electrons. The smallest absolute Gasteiger partial charge is 0.246 e. The number of amides is 1. The predicted octanol–water partition coefficient (Wildman–Crippen LogP) is 4.94. The van der Waals surface area contributed by atoms with E-state index in [4.69, 9.17) is 11.6 Å². The number of thiazole rings is 1. The van der Waals surface area contributed by atoms with E-state index in [0.717, 1.165) is 29.8 Å². The zero-order chi connectivity index (χ0) is 15.6. The Hall–Kier alpha value is -1.42. The zero-order valence-electron chi connectivity index (χ0n) is 11.8. The Morgan fingerprint density at radius 3 is 2.77 bits per heavy atom. The van der Waals surface area contributed by atoms with Crippen molar-refractivity contribution in [1.29, 1.82) is 5.26 Å². The van der Waals surface area contributed by atoms with Gasteiger partial charge in [0.25, 0.3) is 0 Å². The van der Waals surface area contributed by atoms with Crippen molar-refractivity contribution in [2.45, 2.75) is 32.1 Å². The molecule has 2 heterocycles. The Morgan fingerprint density at radius 1 is 1.36 bits per heavy atom. The number of carbonyl (C=O) groups is 1. The lowest BCUT2D eigenvalue weighted by molar-refractivity contribution is -0.124. The van der Waals surface area contributed by atoms with Crippen molar-refractivity contribution < 1.29 is 4.79 Å². The van der Waals surface area contributed by atoms with Gasteiger partial charge in [-0.05, 0) is 25.0 Å². The number of hydrogen-bond acceptors (Lipinski definition) is 5. The maximum atomic E-state index is 12.5. The highest BCUT2D eigenvalue weighted by molar-refractivity contribution is 7.20. The molecule has 1 fully saturated rings. The Bertz CT molecular complexity index is 725. The fraction of sp³-hybridized carbons (Fsp3) is 0.400. The molecule has 0 bridgehead atoms. The van der Waals surface area contributed by atoms with Crippen LogP contribution in [-0.4, -0.2) is 10.9 Å². The van der Waals surface area contributed by atoms with E-state index in [1.807, 2.05) is 17.5 Å². The van der Waals surface area contributed by atoms with Crippen molar-refractivity contribution >= 4 is 45.3 Å². The molecular weight excluding hydrogens is 338 g/mol. The van der Waals surface area contributed by atoms with Crippen molar-refractivity contribution in [3.05, 3.63) is 21.8 Å². The van der Waals surface area contributed by atoms with Gasteiger partial charge in [-0.15, -0.1) is 22.7 Å². The van der Waals surface area contributed by atoms with Crippen LogP contribution in [0.25, 0.3) is 10.6 Å². The lowest BCUT2D eigenvalue weighted by Gasteiger charge is -2.28. The maximum Gasteiger partial charge on any atom is 0.246 e. The second kappa shape index (κ2) is 6.37. The number of nitrogens with one attached hydrogen (secondary N) is 1. The third-order valence-corrected chi connectivity index (χ3v) is 5.92. The molecule has 2 aromatic heterocycles. The second-order valence-corrected chi connectivity index (χ2v) is 7.92. The van der Waals surface area contributed by atoms with Crippen LogP contribution in [0.15, 0.2) is 17.5 Å². The number of rotatable bonds is 3. The molecule has 1 aliphatic rings. The van der Waals surface area contributed by atoms with E-state index in [0.29, 0.717) is 22.3 Å². The molecular formula is C15H14ClN3OS2. The predicted molar refractivity (Wildman–Crippen MR) is 90.2 cm³/mol. The Morgan fingerprint density at radius 2 is 2.14 bits per heavy atom. The highest BCUT2D eigenvalue weighted by atomic mass is 35.5. The molecule has 0 spiro atoms. The van der Waals surface area contributed by atoms with Crippen LogP contribution in [0.1, 0.15) is 32.1 Å². The fourth-order valence-corrected chi connectivity index (χ4v) is 4.44. The lowest BCUT2D eigenvalue weighted by atomic mass is 9.74. The molecule has 1 aliphatic carbocycles. The summed E-state index contributed by atoms with van der Waals surface area (Å²) < 4.78 is 0.708. The number of halogens is 1. The number of aromatic nitrogens is 1. The number of nitrogens with zero attached hydrogens (tertiary/aromatic N) is 2. The molecule has 4 nitrogen and oxygen atoms in total. The summed E-state index contributed by atoms with van der Waals surface area (Å²) in [6.07, 6.45) is 4.22. The highest BCUT2D eigenvalue weighted by Crippen LogP contribution is 2.38. The standard InChI is InChI=1S/C15H14ClN3OS2/c16-12-5-4-11(22-12)10-8-21-14(18-10)19-13(20)15(9-17)6-2-1-3-7-15/h4-5,8H,1-3,6-7H2,(H,18,19,20). The molecule has 1 amide bonds. The summed E-state index contributed by atoms with van der Waals surface area (Å²) in [7, 11) is 0. The summed E-state index contributed by atoms with van der Waals surface area (Å²) in [4.78, 5) is 17.9. The van der Waals surface area contributed by atoms with Crippen molar-refractivity contribution in [3.63, 3.8) is 0 Å². The molecule has 0 atom stereocenters. The van der Waals surface area contributed by atoms with Crippen LogP contribution in [0, 0.1) is 16.7 Å². The zero-order valence-corrected chi connectivity index (χ0v) is 14.2. The number of nitriles is 1. The number of anilines is 1. The van der Waals surface area contributed by atoms with Gasteiger partial charge in [-0.25, -0.2) is 4.98 Å². The molecule has 1 N–H and O–H groups in total. The second-order valence-electron chi connectivity index (χ2n) is 5.35. The first kappa shape index (κ1) is 15.5. The minimum absolute atomic E-state index is 0.222. The molecule has 0 saturated heterocycles. The Kier molecular flexibility index (Phi) is 4.48. The van der Waals surface area contributed by atoms with Gasteiger partial charge in [0.05, 0.1) is 21.0 Å². The summed E-state index contributed by atoms with van der Waals surface area (Å²) in [5, 5.41) is 14.7. The van der Waals surface area contributed by atoms with Gasteiger partial charge in [0, 0.05) is 5.38 Å². The summed E-state index contributed by atoms with van der Waals surface area (Å²) in [6.45, 7) is 0. The summed E-state index contributed by atoms with van der Waals surface area (Å²) in [5.74, 6) is -0.222. The molecule has 22 heavy (non-hydrogen) atoms. The lowest BCUT2D eigenvalue weighted by Crippen LogP contribution is -2.36. The van der Waals surface area contributed by atoms with Crippen molar-refractivity contribution in [2.24, 2.45) is 5.41 Å². The molecule has 0 aliphatic heterocycles. The molecule has 2 aromatic rings. The maximum absolute atomic E-state index is 12.5. The number of hydrogen-bond donors (Lipinski definition) is 1.